The third-order valence-electron chi connectivity index (χ3n) is 4.40. The normalized spacial score (nSPS) is 17.5. The lowest BCUT2D eigenvalue weighted by Gasteiger charge is -2.33. The average Bonchev–Trinajstić information content (AvgIpc) is 3.13. The van der Waals surface area contributed by atoms with Gasteiger partial charge in [-0.1, -0.05) is 6.07 Å². The van der Waals surface area contributed by atoms with Gasteiger partial charge in [0.05, 0.1) is 11.8 Å². The van der Waals surface area contributed by atoms with Gasteiger partial charge in [0.2, 0.25) is 5.91 Å². The summed E-state index contributed by atoms with van der Waals surface area (Å²) >= 11 is 1.42. The first-order valence-corrected chi connectivity index (χ1v) is 9.11. The number of nitrogens with zero attached hydrogens (tertiary/aromatic N) is 3. The lowest BCUT2D eigenvalue weighted by atomic mass is 9.89. The first kappa shape index (κ1) is 17.0. The van der Waals surface area contributed by atoms with Crippen molar-refractivity contribution >= 4 is 22.4 Å². The number of pyridine rings is 1. The van der Waals surface area contributed by atoms with Crippen LogP contribution in [0.3, 0.4) is 0 Å². The molecule has 24 heavy (non-hydrogen) atoms. The number of aliphatic hydroxyl groups excluding tert-OH is 1. The number of carbonyl (C=O) groups is 1. The van der Waals surface area contributed by atoms with E-state index < -0.39 is 6.10 Å². The first-order chi connectivity index (χ1) is 11.7. The second kappa shape index (κ2) is 8.32. The molecule has 6 nitrogen and oxygen atoms in total. The lowest BCUT2D eigenvalue weighted by Crippen LogP contribution is -2.37. The SMILES string of the molecule is O=C(CCN1CCC([C@H](O)c2ccccn2)CC1)Nc1nccs1. The minimum Gasteiger partial charge on any atom is -0.387 e. The van der Waals surface area contributed by atoms with Crippen LogP contribution in [0.4, 0.5) is 5.13 Å². The van der Waals surface area contributed by atoms with Gasteiger partial charge in [-0.25, -0.2) is 4.98 Å². The lowest BCUT2D eigenvalue weighted by molar-refractivity contribution is -0.116. The molecule has 3 heterocycles. The number of aromatic nitrogens is 2. The van der Waals surface area contributed by atoms with Crippen molar-refractivity contribution in [3.8, 4) is 0 Å². The summed E-state index contributed by atoms with van der Waals surface area (Å²) in [5.74, 6) is 0.237. The summed E-state index contributed by atoms with van der Waals surface area (Å²) in [6, 6.07) is 5.64. The largest absolute Gasteiger partial charge is 0.387 e. The Labute approximate surface area is 145 Å². The Hall–Kier alpha value is -1.83. The number of amides is 1. The van der Waals surface area contributed by atoms with Gasteiger partial charge in [-0.2, -0.15) is 0 Å². The predicted molar refractivity (Wildman–Crippen MR) is 93.7 cm³/mol. The molecule has 128 valence electrons. The summed E-state index contributed by atoms with van der Waals surface area (Å²) < 4.78 is 0. The fourth-order valence-electron chi connectivity index (χ4n) is 3.01. The van der Waals surface area contributed by atoms with Crippen molar-refractivity contribution in [2.75, 3.05) is 25.0 Å². The Morgan fingerprint density at radius 2 is 2.17 bits per heavy atom. The van der Waals surface area contributed by atoms with Gasteiger partial charge in [0.25, 0.3) is 0 Å². The molecular formula is C17H22N4O2S. The van der Waals surface area contributed by atoms with Crippen LogP contribution in [-0.2, 0) is 4.79 Å². The molecule has 1 fully saturated rings. The van der Waals surface area contributed by atoms with E-state index in [1.54, 1.807) is 12.4 Å². The third kappa shape index (κ3) is 4.59. The highest BCUT2D eigenvalue weighted by molar-refractivity contribution is 7.13. The van der Waals surface area contributed by atoms with Crippen molar-refractivity contribution in [2.24, 2.45) is 5.92 Å². The molecule has 3 rings (SSSR count). The molecule has 0 aromatic carbocycles. The maximum atomic E-state index is 11.9. The highest BCUT2D eigenvalue weighted by Gasteiger charge is 2.26. The predicted octanol–water partition coefficient (Wildman–Crippen LogP) is 2.31. The number of aliphatic hydroxyl groups is 1. The quantitative estimate of drug-likeness (QED) is 0.839. The summed E-state index contributed by atoms with van der Waals surface area (Å²) in [4.78, 5) is 22.5. The summed E-state index contributed by atoms with van der Waals surface area (Å²) in [7, 11) is 0. The van der Waals surface area contributed by atoms with Crippen LogP contribution in [0.2, 0.25) is 0 Å². The van der Waals surface area contributed by atoms with E-state index >= 15 is 0 Å². The van der Waals surface area contributed by atoms with Gasteiger partial charge in [-0.15, -0.1) is 11.3 Å². The zero-order valence-corrected chi connectivity index (χ0v) is 14.3. The smallest absolute Gasteiger partial charge is 0.227 e. The minimum atomic E-state index is -0.499. The second-order valence-corrected chi connectivity index (χ2v) is 6.91. The topological polar surface area (TPSA) is 78.4 Å². The van der Waals surface area contributed by atoms with Gasteiger partial charge < -0.3 is 15.3 Å². The summed E-state index contributed by atoms with van der Waals surface area (Å²) in [6.07, 6.45) is 5.21. The molecule has 1 saturated heterocycles. The van der Waals surface area contributed by atoms with E-state index in [2.05, 4.69) is 20.2 Å². The fraction of sp³-hybridized carbons (Fsp3) is 0.471. The minimum absolute atomic E-state index is 0.000550. The number of piperidine rings is 1. The number of anilines is 1. The van der Waals surface area contributed by atoms with E-state index in [4.69, 9.17) is 0 Å². The first-order valence-electron chi connectivity index (χ1n) is 8.23. The maximum absolute atomic E-state index is 11.9. The molecule has 0 radical (unpaired) electrons. The Kier molecular flexibility index (Phi) is 5.90. The van der Waals surface area contributed by atoms with Gasteiger partial charge in [-0.3, -0.25) is 9.78 Å². The Balaban J connectivity index is 1.40. The van der Waals surface area contributed by atoms with E-state index in [-0.39, 0.29) is 11.8 Å². The molecular weight excluding hydrogens is 324 g/mol. The number of hydrogen-bond acceptors (Lipinski definition) is 6. The van der Waals surface area contributed by atoms with Crippen molar-refractivity contribution < 1.29 is 9.90 Å². The van der Waals surface area contributed by atoms with E-state index in [9.17, 15) is 9.90 Å². The number of thiazole rings is 1. The zero-order valence-electron chi connectivity index (χ0n) is 13.5. The number of carbonyl (C=O) groups excluding carboxylic acids is 1. The molecule has 2 N–H and O–H groups in total. The standard InChI is InChI=1S/C17H22N4O2S/c22-15(20-17-19-8-12-24-17)6-11-21-9-4-13(5-10-21)16(23)14-3-1-2-7-18-14/h1-3,7-8,12-13,16,23H,4-6,9-11H2,(H,19,20,22)/t16-/m0/s1. The molecule has 2 aromatic rings. The van der Waals surface area contributed by atoms with Crippen LogP contribution in [0.15, 0.2) is 36.0 Å². The van der Waals surface area contributed by atoms with Crippen LogP contribution in [0.5, 0.6) is 0 Å². The van der Waals surface area contributed by atoms with Crippen LogP contribution >= 0.6 is 11.3 Å². The van der Waals surface area contributed by atoms with Crippen molar-refractivity contribution in [3.63, 3.8) is 0 Å². The van der Waals surface area contributed by atoms with E-state index in [1.807, 2.05) is 23.6 Å². The van der Waals surface area contributed by atoms with Gasteiger partial charge in [0, 0.05) is 30.7 Å². The van der Waals surface area contributed by atoms with E-state index in [0.717, 1.165) is 38.2 Å². The fourth-order valence-corrected chi connectivity index (χ4v) is 3.56. The number of nitrogens with one attached hydrogen (secondary N) is 1. The molecule has 0 aliphatic carbocycles. The number of rotatable bonds is 6. The maximum Gasteiger partial charge on any atom is 0.227 e. The van der Waals surface area contributed by atoms with Crippen LogP contribution in [0, 0.1) is 5.92 Å². The molecule has 1 amide bonds. The van der Waals surface area contributed by atoms with Gasteiger partial charge in [0.1, 0.15) is 0 Å². The van der Waals surface area contributed by atoms with Crippen LogP contribution < -0.4 is 5.32 Å². The summed E-state index contributed by atoms with van der Waals surface area (Å²) in [5.41, 5.74) is 0.749. The molecule has 1 aliphatic rings. The Bertz CT molecular complexity index is 627. The molecule has 0 unspecified atom stereocenters. The second-order valence-electron chi connectivity index (χ2n) is 6.01. The van der Waals surface area contributed by atoms with Crippen LogP contribution in [-0.4, -0.2) is 45.5 Å². The van der Waals surface area contributed by atoms with Crippen LogP contribution in [0.25, 0.3) is 0 Å². The van der Waals surface area contributed by atoms with Gasteiger partial charge >= 0.3 is 0 Å². The molecule has 1 aliphatic heterocycles. The average molecular weight is 346 g/mol. The van der Waals surface area contributed by atoms with Crippen LogP contribution in [0.1, 0.15) is 31.1 Å². The Morgan fingerprint density at radius 1 is 1.33 bits per heavy atom. The Morgan fingerprint density at radius 3 is 2.83 bits per heavy atom. The van der Waals surface area contributed by atoms with Crippen molar-refractivity contribution in [2.45, 2.75) is 25.4 Å². The number of hydrogen-bond donors (Lipinski definition) is 2. The highest BCUT2D eigenvalue weighted by atomic mass is 32.1. The molecule has 0 bridgehead atoms. The molecule has 1 atom stereocenters. The van der Waals surface area contributed by atoms with Gasteiger partial charge in [0.15, 0.2) is 5.13 Å². The molecule has 0 spiro atoms. The highest BCUT2D eigenvalue weighted by Crippen LogP contribution is 2.29. The molecule has 2 aromatic heterocycles. The number of likely N-dealkylation sites (tertiary alicyclic amines) is 1. The summed E-state index contributed by atoms with van der Waals surface area (Å²) in [6.45, 7) is 2.54. The van der Waals surface area contributed by atoms with Crippen molar-refractivity contribution in [3.05, 3.63) is 41.7 Å². The third-order valence-corrected chi connectivity index (χ3v) is 5.09. The monoisotopic (exact) mass is 346 g/mol. The van der Waals surface area contributed by atoms with Crippen molar-refractivity contribution in [1.82, 2.24) is 14.9 Å². The van der Waals surface area contributed by atoms with E-state index in [0.29, 0.717) is 11.6 Å². The van der Waals surface area contributed by atoms with Crippen molar-refractivity contribution in [1.29, 1.82) is 0 Å². The zero-order chi connectivity index (χ0) is 16.8. The van der Waals surface area contributed by atoms with E-state index in [1.165, 1.54) is 11.3 Å². The molecule has 0 saturated carbocycles. The molecule has 7 heteroatoms. The van der Waals surface area contributed by atoms with Gasteiger partial charge in [-0.05, 0) is 44.0 Å². The summed E-state index contributed by atoms with van der Waals surface area (Å²) in [5, 5.41) is 15.7.